The van der Waals surface area contributed by atoms with Crippen molar-refractivity contribution in [2.75, 3.05) is 6.61 Å². The van der Waals surface area contributed by atoms with Gasteiger partial charge in [-0.05, 0) is 30.2 Å². The number of hydrogen-bond acceptors (Lipinski definition) is 4. The molecule has 2 rings (SSSR count). The third kappa shape index (κ3) is 4.39. The molecule has 0 amide bonds. The normalized spacial score (nSPS) is 10.4. The first-order valence-electron chi connectivity index (χ1n) is 7.09. The quantitative estimate of drug-likeness (QED) is 0.820. The molecular formula is C17H21NO3. The van der Waals surface area contributed by atoms with Crippen LogP contribution in [0.15, 0.2) is 42.5 Å². The Hall–Kier alpha value is -2.20. The summed E-state index contributed by atoms with van der Waals surface area (Å²) < 4.78 is 11.4. The fraction of sp³-hybridized carbons (Fsp3) is 0.294. The number of rotatable bonds is 7. The van der Waals surface area contributed by atoms with Crippen molar-refractivity contribution in [2.45, 2.75) is 26.5 Å². The maximum absolute atomic E-state index is 9.27. The van der Waals surface area contributed by atoms with Crippen LogP contribution in [0.2, 0.25) is 0 Å². The molecule has 0 atom stereocenters. The van der Waals surface area contributed by atoms with E-state index in [0.29, 0.717) is 19.8 Å². The highest BCUT2D eigenvalue weighted by atomic mass is 16.5. The lowest BCUT2D eigenvalue weighted by atomic mass is 10.2. The van der Waals surface area contributed by atoms with Crippen LogP contribution in [0.3, 0.4) is 0 Å². The standard InChI is InChI=1S/C17H21NO3/c1-2-9-20-16-8-5-14(11-18)17(10-16)21-12-13-3-6-15(19)7-4-13/h3-8,10,19H,2,9,11-12,18H2,1H3. The van der Waals surface area contributed by atoms with Gasteiger partial charge in [-0.1, -0.05) is 25.1 Å². The second kappa shape index (κ2) is 7.55. The van der Waals surface area contributed by atoms with Gasteiger partial charge in [-0.15, -0.1) is 0 Å². The number of benzene rings is 2. The molecule has 0 aliphatic carbocycles. The largest absolute Gasteiger partial charge is 0.508 e. The van der Waals surface area contributed by atoms with Crippen LogP contribution in [0.1, 0.15) is 24.5 Å². The van der Waals surface area contributed by atoms with Gasteiger partial charge in [-0.25, -0.2) is 0 Å². The first-order chi connectivity index (χ1) is 10.2. The minimum absolute atomic E-state index is 0.247. The fourth-order valence-electron chi connectivity index (χ4n) is 1.90. The Kier molecular flexibility index (Phi) is 5.46. The molecule has 112 valence electrons. The SMILES string of the molecule is CCCOc1ccc(CN)c(OCc2ccc(O)cc2)c1. The van der Waals surface area contributed by atoms with Gasteiger partial charge in [0.25, 0.3) is 0 Å². The van der Waals surface area contributed by atoms with Crippen molar-refractivity contribution in [3.8, 4) is 17.2 Å². The molecule has 4 heteroatoms. The molecule has 0 spiro atoms. The average molecular weight is 287 g/mol. The summed E-state index contributed by atoms with van der Waals surface area (Å²) in [7, 11) is 0. The minimum Gasteiger partial charge on any atom is -0.508 e. The first-order valence-corrected chi connectivity index (χ1v) is 7.09. The number of aromatic hydroxyl groups is 1. The predicted molar refractivity (Wildman–Crippen MR) is 82.6 cm³/mol. The first kappa shape index (κ1) is 15.2. The molecule has 0 aromatic heterocycles. The third-order valence-corrected chi connectivity index (χ3v) is 3.06. The van der Waals surface area contributed by atoms with Crippen molar-refractivity contribution < 1.29 is 14.6 Å². The lowest BCUT2D eigenvalue weighted by Crippen LogP contribution is -2.04. The highest BCUT2D eigenvalue weighted by molar-refractivity contribution is 5.41. The third-order valence-electron chi connectivity index (χ3n) is 3.06. The monoisotopic (exact) mass is 287 g/mol. The van der Waals surface area contributed by atoms with E-state index in [9.17, 15) is 5.11 Å². The Morgan fingerprint density at radius 1 is 1.05 bits per heavy atom. The van der Waals surface area contributed by atoms with Gasteiger partial charge in [0, 0.05) is 18.2 Å². The summed E-state index contributed by atoms with van der Waals surface area (Å²) in [6.07, 6.45) is 0.961. The van der Waals surface area contributed by atoms with Gasteiger partial charge in [0.15, 0.2) is 0 Å². The Morgan fingerprint density at radius 3 is 2.48 bits per heavy atom. The zero-order valence-corrected chi connectivity index (χ0v) is 12.2. The molecule has 0 bridgehead atoms. The smallest absolute Gasteiger partial charge is 0.127 e. The van der Waals surface area contributed by atoms with Crippen molar-refractivity contribution in [1.29, 1.82) is 0 Å². The van der Waals surface area contributed by atoms with E-state index in [-0.39, 0.29) is 5.75 Å². The highest BCUT2D eigenvalue weighted by Crippen LogP contribution is 2.26. The van der Waals surface area contributed by atoms with Crippen LogP contribution in [0.4, 0.5) is 0 Å². The minimum atomic E-state index is 0.247. The molecule has 0 unspecified atom stereocenters. The molecule has 2 aromatic rings. The summed E-state index contributed by atoms with van der Waals surface area (Å²) in [6, 6.07) is 12.6. The van der Waals surface area contributed by atoms with Gasteiger partial charge in [0.05, 0.1) is 6.61 Å². The van der Waals surface area contributed by atoms with Gasteiger partial charge in [0.1, 0.15) is 23.9 Å². The summed E-state index contributed by atoms with van der Waals surface area (Å²) in [6.45, 7) is 3.58. The van der Waals surface area contributed by atoms with Crippen LogP contribution in [0, 0.1) is 0 Å². The van der Waals surface area contributed by atoms with Crippen molar-refractivity contribution >= 4 is 0 Å². The van der Waals surface area contributed by atoms with Crippen LogP contribution in [-0.4, -0.2) is 11.7 Å². The van der Waals surface area contributed by atoms with E-state index in [0.717, 1.165) is 29.0 Å². The van der Waals surface area contributed by atoms with E-state index < -0.39 is 0 Å². The Morgan fingerprint density at radius 2 is 1.81 bits per heavy atom. The molecule has 0 saturated carbocycles. The predicted octanol–water partition coefficient (Wildman–Crippen LogP) is 3.22. The average Bonchev–Trinajstić information content (AvgIpc) is 2.52. The summed E-state index contributed by atoms with van der Waals surface area (Å²) >= 11 is 0. The van der Waals surface area contributed by atoms with Gasteiger partial charge in [-0.2, -0.15) is 0 Å². The molecule has 0 radical (unpaired) electrons. The molecule has 0 heterocycles. The number of nitrogens with two attached hydrogens (primary N) is 1. The Labute approximate surface area is 125 Å². The number of phenolic OH excluding ortho intramolecular Hbond substituents is 1. The van der Waals surface area contributed by atoms with Gasteiger partial charge < -0.3 is 20.3 Å². The van der Waals surface area contributed by atoms with Gasteiger partial charge >= 0.3 is 0 Å². The zero-order chi connectivity index (χ0) is 15.1. The van der Waals surface area contributed by atoms with Crippen LogP contribution in [0.5, 0.6) is 17.2 Å². The molecule has 2 aromatic carbocycles. The van der Waals surface area contributed by atoms with Crippen molar-refractivity contribution in [2.24, 2.45) is 5.73 Å². The molecule has 0 aliphatic heterocycles. The van der Waals surface area contributed by atoms with E-state index in [1.54, 1.807) is 12.1 Å². The van der Waals surface area contributed by atoms with Crippen molar-refractivity contribution in [3.63, 3.8) is 0 Å². The van der Waals surface area contributed by atoms with Gasteiger partial charge in [-0.3, -0.25) is 0 Å². The number of ether oxygens (including phenoxy) is 2. The van der Waals surface area contributed by atoms with E-state index in [1.807, 2.05) is 30.3 Å². The molecular weight excluding hydrogens is 266 g/mol. The summed E-state index contributed by atoms with van der Waals surface area (Å²) in [4.78, 5) is 0. The van der Waals surface area contributed by atoms with E-state index in [1.165, 1.54) is 0 Å². The molecule has 0 fully saturated rings. The molecule has 0 aliphatic rings. The summed E-state index contributed by atoms with van der Waals surface area (Å²) in [5.74, 6) is 1.77. The Balaban J connectivity index is 2.07. The maximum atomic E-state index is 9.27. The molecule has 3 N–H and O–H groups in total. The van der Waals surface area contributed by atoms with Crippen LogP contribution in [-0.2, 0) is 13.2 Å². The van der Waals surface area contributed by atoms with Gasteiger partial charge in [0.2, 0.25) is 0 Å². The van der Waals surface area contributed by atoms with E-state index >= 15 is 0 Å². The molecule has 4 nitrogen and oxygen atoms in total. The highest BCUT2D eigenvalue weighted by Gasteiger charge is 2.06. The lowest BCUT2D eigenvalue weighted by molar-refractivity contribution is 0.292. The van der Waals surface area contributed by atoms with Crippen LogP contribution >= 0.6 is 0 Å². The Bertz CT molecular complexity index is 567. The fourth-order valence-corrected chi connectivity index (χ4v) is 1.90. The van der Waals surface area contributed by atoms with Crippen molar-refractivity contribution in [1.82, 2.24) is 0 Å². The topological polar surface area (TPSA) is 64.7 Å². The summed E-state index contributed by atoms with van der Waals surface area (Å²) in [5, 5.41) is 9.27. The zero-order valence-electron chi connectivity index (χ0n) is 12.2. The van der Waals surface area contributed by atoms with Crippen molar-refractivity contribution in [3.05, 3.63) is 53.6 Å². The number of phenols is 1. The lowest BCUT2D eigenvalue weighted by Gasteiger charge is -2.13. The second-order valence-electron chi connectivity index (χ2n) is 4.78. The van der Waals surface area contributed by atoms with Crippen LogP contribution < -0.4 is 15.2 Å². The van der Waals surface area contributed by atoms with E-state index in [2.05, 4.69) is 6.92 Å². The second-order valence-corrected chi connectivity index (χ2v) is 4.78. The summed E-state index contributed by atoms with van der Waals surface area (Å²) in [5.41, 5.74) is 7.66. The van der Waals surface area contributed by atoms with Crippen LogP contribution in [0.25, 0.3) is 0 Å². The molecule has 21 heavy (non-hydrogen) atoms. The maximum Gasteiger partial charge on any atom is 0.127 e. The van der Waals surface area contributed by atoms with E-state index in [4.69, 9.17) is 15.2 Å². The number of hydrogen-bond donors (Lipinski definition) is 2. The molecule has 0 saturated heterocycles.